The van der Waals surface area contributed by atoms with Crippen LogP contribution in [0.4, 0.5) is 0 Å². The van der Waals surface area contributed by atoms with Gasteiger partial charge in [-0.15, -0.1) is 0 Å². The summed E-state index contributed by atoms with van der Waals surface area (Å²) in [4.78, 5) is 23.4. The third-order valence-electron chi connectivity index (χ3n) is 2.89. The number of halogens is 2. The van der Waals surface area contributed by atoms with E-state index in [0.717, 1.165) is 4.57 Å². The van der Waals surface area contributed by atoms with Crippen LogP contribution in [-0.4, -0.2) is 9.13 Å². The summed E-state index contributed by atoms with van der Waals surface area (Å²) >= 11 is 11.8. The Morgan fingerprint density at radius 3 is 2.50 bits per heavy atom. The zero-order valence-corrected chi connectivity index (χ0v) is 12.4. The van der Waals surface area contributed by atoms with Gasteiger partial charge in [-0.25, -0.2) is 4.79 Å². The van der Waals surface area contributed by atoms with Gasteiger partial charge in [0.05, 0.1) is 10.7 Å². The molecule has 1 aromatic heterocycles. The number of benzene rings is 1. The summed E-state index contributed by atoms with van der Waals surface area (Å²) in [5, 5.41) is 0.894. The van der Waals surface area contributed by atoms with Crippen molar-refractivity contribution in [1.82, 2.24) is 9.13 Å². The van der Waals surface area contributed by atoms with Crippen LogP contribution in [-0.2, 0) is 20.7 Å². The van der Waals surface area contributed by atoms with E-state index in [-0.39, 0.29) is 12.2 Å². The van der Waals surface area contributed by atoms with E-state index in [2.05, 4.69) is 0 Å². The summed E-state index contributed by atoms with van der Waals surface area (Å²) in [7, 11) is 2.99. The highest BCUT2D eigenvalue weighted by molar-refractivity contribution is 6.34. The van der Waals surface area contributed by atoms with Crippen LogP contribution in [0.3, 0.4) is 0 Å². The van der Waals surface area contributed by atoms with Crippen molar-refractivity contribution in [3.8, 4) is 5.75 Å². The summed E-state index contributed by atoms with van der Waals surface area (Å²) < 4.78 is 7.88. The number of nitrogens with zero attached hydrogens (tertiary/aromatic N) is 2. The Morgan fingerprint density at radius 1 is 1.10 bits per heavy atom. The number of ether oxygens (including phenoxy) is 1. The number of rotatable bonds is 3. The molecule has 0 saturated heterocycles. The molecule has 2 aromatic rings. The Morgan fingerprint density at radius 2 is 1.80 bits per heavy atom. The van der Waals surface area contributed by atoms with Crippen LogP contribution in [0.5, 0.6) is 5.75 Å². The highest BCUT2D eigenvalue weighted by atomic mass is 35.5. The van der Waals surface area contributed by atoms with Crippen molar-refractivity contribution in [3.63, 3.8) is 0 Å². The standard InChI is InChI=1S/C13H12Cl2N2O3/c1-16-9(6-12(18)17(2)13(16)19)7-20-11-5-8(14)3-4-10(11)15/h3-6H,7H2,1-2H3. The number of hydrogen-bond acceptors (Lipinski definition) is 3. The zero-order chi connectivity index (χ0) is 14.9. The van der Waals surface area contributed by atoms with Crippen molar-refractivity contribution >= 4 is 23.2 Å². The van der Waals surface area contributed by atoms with Crippen molar-refractivity contribution in [2.75, 3.05) is 0 Å². The normalized spacial score (nSPS) is 10.6. The maximum atomic E-state index is 11.8. The van der Waals surface area contributed by atoms with Crippen LogP contribution < -0.4 is 16.0 Å². The molecule has 0 aliphatic carbocycles. The van der Waals surface area contributed by atoms with Gasteiger partial charge in [0.25, 0.3) is 5.56 Å². The first-order valence-corrected chi connectivity index (χ1v) is 6.49. The molecule has 5 nitrogen and oxygen atoms in total. The Hall–Kier alpha value is -1.72. The van der Waals surface area contributed by atoms with Gasteiger partial charge in [-0.3, -0.25) is 13.9 Å². The first-order chi connectivity index (χ1) is 9.40. The van der Waals surface area contributed by atoms with E-state index >= 15 is 0 Å². The van der Waals surface area contributed by atoms with Crippen molar-refractivity contribution in [1.29, 1.82) is 0 Å². The molecule has 0 fully saturated rings. The fourth-order valence-corrected chi connectivity index (χ4v) is 1.99. The van der Waals surface area contributed by atoms with Gasteiger partial charge in [-0.1, -0.05) is 23.2 Å². The minimum Gasteiger partial charge on any atom is -0.486 e. The summed E-state index contributed by atoms with van der Waals surface area (Å²) in [6.07, 6.45) is 0. The smallest absolute Gasteiger partial charge is 0.330 e. The molecule has 0 unspecified atom stereocenters. The van der Waals surface area contributed by atoms with Gasteiger partial charge in [0, 0.05) is 31.3 Å². The molecule has 0 amide bonds. The lowest BCUT2D eigenvalue weighted by molar-refractivity contribution is 0.294. The first-order valence-electron chi connectivity index (χ1n) is 5.74. The van der Waals surface area contributed by atoms with Crippen molar-refractivity contribution < 1.29 is 4.74 Å². The molecule has 0 radical (unpaired) electrons. The number of aromatic nitrogens is 2. The minimum atomic E-state index is -0.409. The van der Waals surface area contributed by atoms with Crippen LogP contribution in [0, 0.1) is 0 Å². The molecule has 1 heterocycles. The van der Waals surface area contributed by atoms with Gasteiger partial charge in [0.15, 0.2) is 0 Å². The lowest BCUT2D eigenvalue weighted by Gasteiger charge is -2.12. The summed E-state index contributed by atoms with van der Waals surface area (Å²) in [6.45, 7) is 0.0435. The fourth-order valence-electron chi connectivity index (χ4n) is 1.66. The van der Waals surface area contributed by atoms with E-state index in [4.69, 9.17) is 27.9 Å². The van der Waals surface area contributed by atoms with E-state index in [1.54, 1.807) is 25.2 Å². The lowest BCUT2D eigenvalue weighted by Crippen LogP contribution is -2.38. The average Bonchev–Trinajstić information content (AvgIpc) is 2.42. The highest BCUT2D eigenvalue weighted by Gasteiger charge is 2.08. The van der Waals surface area contributed by atoms with Crippen molar-refractivity contribution in [2.24, 2.45) is 14.1 Å². The molecule has 106 valence electrons. The molecule has 0 saturated carbocycles. The second-order valence-corrected chi connectivity index (χ2v) is 5.08. The molecule has 0 atom stereocenters. The molecule has 7 heteroatoms. The minimum absolute atomic E-state index is 0.0435. The second kappa shape index (κ2) is 5.73. The molecule has 0 aliphatic rings. The highest BCUT2D eigenvalue weighted by Crippen LogP contribution is 2.28. The summed E-state index contributed by atoms with van der Waals surface area (Å²) in [5.74, 6) is 0.396. The number of hydrogen-bond donors (Lipinski definition) is 0. The second-order valence-electron chi connectivity index (χ2n) is 4.24. The third kappa shape index (κ3) is 2.89. The fraction of sp³-hybridized carbons (Fsp3) is 0.231. The third-order valence-corrected chi connectivity index (χ3v) is 3.44. The van der Waals surface area contributed by atoms with Gasteiger partial charge >= 0.3 is 5.69 Å². The molecule has 0 bridgehead atoms. The Labute approximate surface area is 124 Å². The van der Waals surface area contributed by atoms with Gasteiger partial charge in [0.2, 0.25) is 0 Å². The average molecular weight is 315 g/mol. The molecule has 0 aliphatic heterocycles. The van der Waals surface area contributed by atoms with Crippen LogP contribution in [0.15, 0.2) is 33.9 Å². The molecule has 2 rings (SSSR count). The molecular formula is C13H12Cl2N2O3. The zero-order valence-electron chi connectivity index (χ0n) is 10.9. The molecule has 0 N–H and O–H groups in total. The predicted molar refractivity (Wildman–Crippen MR) is 77.7 cm³/mol. The molecule has 0 spiro atoms. The summed E-state index contributed by atoms with van der Waals surface area (Å²) in [6, 6.07) is 6.18. The monoisotopic (exact) mass is 314 g/mol. The summed E-state index contributed by atoms with van der Waals surface area (Å²) in [5.41, 5.74) is -0.341. The van der Waals surface area contributed by atoms with Crippen LogP contribution >= 0.6 is 23.2 Å². The lowest BCUT2D eigenvalue weighted by atomic mass is 10.3. The van der Waals surface area contributed by atoms with Gasteiger partial charge in [0.1, 0.15) is 12.4 Å². The Balaban J connectivity index is 2.30. The largest absolute Gasteiger partial charge is 0.486 e. The Kier molecular flexibility index (Phi) is 4.20. The molecule has 20 heavy (non-hydrogen) atoms. The van der Waals surface area contributed by atoms with Crippen LogP contribution in [0.1, 0.15) is 5.69 Å². The van der Waals surface area contributed by atoms with E-state index in [9.17, 15) is 9.59 Å². The maximum Gasteiger partial charge on any atom is 0.330 e. The van der Waals surface area contributed by atoms with Gasteiger partial charge < -0.3 is 4.74 Å². The van der Waals surface area contributed by atoms with Crippen molar-refractivity contribution in [3.05, 3.63) is 60.8 Å². The molecule has 1 aromatic carbocycles. The van der Waals surface area contributed by atoms with Crippen LogP contribution in [0.25, 0.3) is 0 Å². The van der Waals surface area contributed by atoms with Gasteiger partial charge in [-0.2, -0.15) is 0 Å². The van der Waals surface area contributed by atoms with E-state index in [1.807, 2.05) is 0 Å². The SMILES string of the molecule is Cn1c(COc2cc(Cl)ccc2Cl)cc(=O)n(C)c1=O. The van der Waals surface area contributed by atoms with E-state index in [0.29, 0.717) is 21.5 Å². The maximum absolute atomic E-state index is 11.8. The Bertz CT molecular complexity index is 765. The first kappa shape index (κ1) is 14.7. The topological polar surface area (TPSA) is 53.2 Å². The quantitative estimate of drug-likeness (QED) is 0.870. The predicted octanol–water partition coefficient (Wildman–Crippen LogP) is 1.97. The van der Waals surface area contributed by atoms with Crippen molar-refractivity contribution in [2.45, 2.75) is 6.61 Å². The van der Waals surface area contributed by atoms with Crippen LogP contribution in [0.2, 0.25) is 10.0 Å². The van der Waals surface area contributed by atoms with E-state index < -0.39 is 5.69 Å². The molecular weight excluding hydrogens is 303 g/mol. The van der Waals surface area contributed by atoms with Gasteiger partial charge in [-0.05, 0) is 12.1 Å². The van der Waals surface area contributed by atoms with E-state index in [1.165, 1.54) is 17.7 Å².